The normalized spacial score (nSPS) is 36.8. The Morgan fingerprint density at radius 3 is 2.46 bits per heavy atom. The zero-order chi connectivity index (χ0) is 27.9. The molecule has 2 heterocycles. The maximum Gasteiger partial charge on any atom is 0.282 e. The summed E-state index contributed by atoms with van der Waals surface area (Å²) in [6.45, 7) is 4.97. The first kappa shape index (κ1) is 26.1. The highest BCUT2D eigenvalue weighted by atomic mass is 16.3. The third-order valence-corrected chi connectivity index (χ3v) is 13.1. The number of fused-ring (bicyclic) bond motifs is 7. The molecular weight excluding hydrogens is 506 g/mol. The van der Waals surface area contributed by atoms with Crippen molar-refractivity contribution in [1.29, 1.82) is 0 Å². The number of benzene rings is 1. The highest BCUT2D eigenvalue weighted by Crippen LogP contribution is 2.65. The van der Waals surface area contributed by atoms with Gasteiger partial charge < -0.3 is 9.67 Å². The first-order valence-corrected chi connectivity index (χ1v) is 16.6. The molecule has 5 aliphatic carbocycles. The Morgan fingerprint density at radius 2 is 1.66 bits per heavy atom. The number of aliphatic hydroxyl groups is 1. The molecule has 0 radical (unpaired) electrons. The zero-order valence-corrected chi connectivity index (χ0v) is 24.8. The van der Waals surface area contributed by atoms with Crippen LogP contribution in [0.15, 0.2) is 41.2 Å². The summed E-state index contributed by atoms with van der Waals surface area (Å²) < 4.78 is 2.55. The molecule has 0 amide bonds. The maximum absolute atomic E-state index is 13.7. The van der Waals surface area contributed by atoms with E-state index in [9.17, 15) is 9.90 Å². The Morgan fingerprint density at radius 1 is 0.878 bits per heavy atom. The highest BCUT2D eigenvalue weighted by Gasteiger charge is 2.60. The lowest BCUT2D eigenvalue weighted by Gasteiger charge is -2.60. The fourth-order valence-corrected chi connectivity index (χ4v) is 10.9. The molecule has 0 spiro atoms. The minimum absolute atomic E-state index is 0.113. The summed E-state index contributed by atoms with van der Waals surface area (Å²) in [4.78, 5) is 23.4. The summed E-state index contributed by atoms with van der Waals surface area (Å²) in [6, 6.07) is 12.6. The fourth-order valence-electron chi connectivity index (χ4n) is 10.9. The van der Waals surface area contributed by atoms with Gasteiger partial charge in [-0.1, -0.05) is 63.4 Å². The van der Waals surface area contributed by atoms with Crippen LogP contribution >= 0.6 is 0 Å². The van der Waals surface area contributed by atoms with E-state index in [0.29, 0.717) is 35.2 Å². The fraction of sp³-hybridized carbons (Fsp3) is 0.639. The van der Waals surface area contributed by atoms with E-state index in [2.05, 4.69) is 29.5 Å². The van der Waals surface area contributed by atoms with Crippen molar-refractivity contribution in [3.8, 4) is 22.8 Å². The van der Waals surface area contributed by atoms with Crippen LogP contribution in [0.1, 0.15) is 102 Å². The summed E-state index contributed by atoms with van der Waals surface area (Å²) in [7, 11) is 0. The van der Waals surface area contributed by atoms with Gasteiger partial charge in [0.25, 0.3) is 5.56 Å². The predicted molar refractivity (Wildman–Crippen MR) is 162 cm³/mol. The quantitative estimate of drug-likeness (QED) is 0.365. The average molecular weight is 552 g/mol. The minimum atomic E-state index is -0.136. The summed E-state index contributed by atoms with van der Waals surface area (Å²) in [5.74, 6) is 4.18. The number of nitrogens with zero attached hydrogens (tertiary/aromatic N) is 3. The van der Waals surface area contributed by atoms with Gasteiger partial charge >= 0.3 is 0 Å². The van der Waals surface area contributed by atoms with Crippen LogP contribution in [0.5, 0.6) is 0 Å². The molecule has 0 saturated heterocycles. The third kappa shape index (κ3) is 3.86. The smallest absolute Gasteiger partial charge is 0.282 e. The molecule has 4 saturated carbocycles. The minimum Gasteiger partial charge on any atom is -0.393 e. The van der Waals surface area contributed by atoms with Crippen LogP contribution in [0.25, 0.3) is 22.8 Å². The number of aliphatic hydroxyl groups excluding tert-OH is 1. The van der Waals surface area contributed by atoms with E-state index in [1.807, 2.05) is 30.3 Å². The van der Waals surface area contributed by atoms with Crippen molar-refractivity contribution < 1.29 is 5.11 Å². The molecule has 41 heavy (non-hydrogen) atoms. The van der Waals surface area contributed by atoms with Gasteiger partial charge in [0.1, 0.15) is 5.82 Å². The molecule has 5 nitrogen and oxygen atoms in total. The lowest BCUT2D eigenvalue weighted by molar-refractivity contribution is -0.111. The van der Waals surface area contributed by atoms with Crippen molar-refractivity contribution in [3.63, 3.8) is 0 Å². The second-order valence-electron chi connectivity index (χ2n) is 14.9. The molecule has 2 aliphatic heterocycles. The molecule has 0 unspecified atom stereocenters. The van der Waals surface area contributed by atoms with E-state index in [1.54, 1.807) is 0 Å². The lowest BCUT2D eigenvalue weighted by Crippen LogP contribution is -2.55. The Bertz CT molecular complexity index is 1490. The number of pyridine rings is 1. The Hall–Kier alpha value is -2.53. The largest absolute Gasteiger partial charge is 0.393 e. The highest BCUT2D eigenvalue weighted by molar-refractivity contribution is 5.64. The average Bonchev–Trinajstić information content (AvgIpc) is 3.30. The molecular formula is C36H45N3O2. The lowest BCUT2D eigenvalue weighted by atomic mass is 9.45. The summed E-state index contributed by atoms with van der Waals surface area (Å²) in [5, 5.41) is 10.9. The molecule has 5 heteroatoms. The van der Waals surface area contributed by atoms with Crippen molar-refractivity contribution in [3.05, 3.63) is 58.0 Å². The monoisotopic (exact) mass is 551 g/mol. The predicted octanol–water partition coefficient (Wildman–Crippen LogP) is 7.23. The van der Waals surface area contributed by atoms with Gasteiger partial charge in [-0.05, 0) is 110 Å². The van der Waals surface area contributed by atoms with Crippen molar-refractivity contribution in [1.82, 2.24) is 14.5 Å². The molecule has 7 aliphatic rings. The first-order chi connectivity index (χ1) is 19.9. The van der Waals surface area contributed by atoms with Crippen molar-refractivity contribution in [2.75, 3.05) is 0 Å². The van der Waals surface area contributed by atoms with E-state index in [4.69, 9.17) is 4.98 Å². The third-order valence-electron chi connectivity index (χ3n) is 13.1. The molecule has 216 valence electrons. The van der Waals surface area contributed by atoms with E-state index in [1.165, 1.54) is 69.0 Å². The topological polar surface area (TPSA) is 68.0 Å². The van der Waals surface area contributed by atoms with E-state index < -0.39 is 0 Å². The van der Waals surface area contributed by atoms with Gasteiger partial charge in [0.2, 0.25) is 0 Å². The van der Waals surface area contributed by atoms with E-state index in [-0.39, 0.29) is 22.5 Å². The van der Waals surface area contributed by atoms with Crippen molar-refractivity contribution in [2.45, 2.75) is 109 Å². The van der Waals surface area contributed by atoms with Crippen LogP contribution in [0.2, 0.25) is 0 Å². The Balaban J connectivity index is 1.25. The zero-order valence-electron chi connectivity index (χ0n) is 24.8. The molecule has 7 atom stereocenters. The molecule has 1 N–H and O–H groups in total. The van der Waals surface area contributed by atoms with Gasteiger partial charge in [-0.25, -0.2) is 4.98 Å². The molecule has 1 aromatic rings. The van der Waals surface area contributed by atoms with Gasteiger partial charge in [-0.2, -0.15) is 4.98 Å². The number of aromatic nitrogens is 3. The first-order valence-electron chi connectivity index (χ1n) is 16.6. The molecule has 0 bridgehead atoms. The Kier molecular flexibility index (Phi) is 6.05. The molecule has 1 aromatic carbocycles. The van der Waals surface area contributed by atoms with Crippen LogP contribution in [-0.4, -0.2) is 25.7 Å². The van der Waals surface area contributed by atoms with Crippen LogP contribution < -0.4 is 5.56 Å². The standard InChI is InChI=1S/C36H45N3O2/c1-35-18-17-29-26(28(35)15-16-31(35)40)14-13-24-20-30-23(21-36(24,29)2)19-27-33(39(30)25-11-7-4-8-12-25)37-32(38-34(27)41)22-9-5-3-6-10-22/h3,5-6,9-10,19,24-26,28-29,31,40H,4,7-8,11-18,20-21H2,1-2H3/t24-,26-,28-,29-,31-,35-,36-/m0/s1. The summed E-state index contributed by atoms with van der Waals surface area (Å²) in [6.07, 6.45) is 15.4. The van der Waals surface area contributed by atoms with Crippen LogP contribution in [0.3, 0.4) is 0 Å². The van der Waals surface area contributed by atoms with Gasteiger partial charge in [-0.3, -0.25) is 4.79 Å². The number of rotatable bonds is 2. The van der Waals surface area contributed by atoms with Crippen molar-refractivity contribution in [2.24, 2.45) is 34.5 Å². The number of hydrogen-bond acceptors (Lipinski definition) is 4. The second kappa shape index (κ2) is 9.49. The Labute approximate surface area is 244 Å². The molecule has 4 fully saturated rings. The van der Waals surface area contributed by atoms with E-state index >= 15 is 0 Å². The maximum atomic E-state index is 13.7. The molecule has 0 aromatic heterocycles. The van der Waals surface area contributed by atoms with Gasteiger partial charge in [-0.15, -0.1) is 0 Å². The van der Waals surface area contributed by atoms with Crippen LogP contribution in [0.4, 0.5) is 0 Å². The van der Waals surface area contributed by atoms with Crippen LogP contribution in [0, 0.1) is 34.5 Å². The SMILES string of the molecule is C[C@]12Cc3cc4c(=O)nc(-c5ccccc5)nc-4n(C4CCCCC4)c3C[C@@H]1CC[C@@H]1[C@@H]2CC[C@]2(C)[C@@H](O)CC[C@@H]12. The van der Waals surface area contributed by atoms with E-state index in [0.717, 1.165) is 43.0 Å². The van der Waals surface area contributed by atoms with Gasteiger partial charge in [0, 0.05) is 17.3 Å². The number of hydrogen-bond donors (Lipinski definition) is 1. The summed E-state index contributed by atoms with van der Waals surface area (Å²) in [5.41, 5.74) is 4.68. The second-order valence-corrected chi connectivity index (χ2v) is 14.9. The van der Waals surface area contributed by atoms with Gasteiger partial charge in [0.15, 0.2) is 5.82 Å². The molecule has 8 rings (SSSR count). The summed E-state index contributed by atoms with van der Waals surface area (Å²) >= 11 is 0. The van der Waals surface area contributed by atoms with Crippen molar-refractivity contribution >= 4 is 0 Å². The van der Waals surface area contributed by atoms with Crippen LogP contribution in [-0.2, 0) is 12.8 Å². The van der Waals surface area contributed by atoms with Gasteiger partial charge in [0.05, 0.1) is 11.7 Å².